The number of ether oxygens (including phenoxy) is 3. The molecular formula is C22H33NO4. The highest BCUT2D eigenvalue weighted by Gasteiger charge is 2.39. The first-order valence-corrected chi connectivity index (χ1v) is 10.4. The smallest absolute Gasteiger partial charge is 0.161 e. The molecule has 1 heterocycles. The molecule has 0 radical (unpaired) electrons. The molecule has 0 saturated heterocycles. The second-order valence-electron chi connectivity index (χ2n) is 8.59. The van der Waals surface area contributed by atoms with Crippen molar-refractivity contribution in [2.24, 2.45) is 17.8 Å². The molecule has 4 atom stereocenters. The number of aliphatic hydroxyl groups excluding tert-OH is 1. The first-order chi connectivity index (χ1) is 13.2. The third-order valence-corrected chi connectivity index (χ3v) is 6.79. The van der Waals surface area contributed by atoms with Crippen molar-refractivity contribution in [3.8, 4) is 11.5 Å². The molecule has 1 aromatic rings. The Morgan fingerprint density at radius 2 is 1.89 bits per heavy atom. The summed E-state index contributed by atoms with van der Waals surface area (Å²) in [6.07, 6.45) is 6.12. The van der Waals surface area contributed by atoms with Crippen LogP contribution in [-0.4, -0.2) is 56.6 Å². The van der Waals surface area contributed by atoms with Crippen LogP contribution in [0.3, 0.4) is 0 Å². The van der Waals surface area contributed by atoms with E-state index in [1.54, 1.807) is 14.2 Å². The van der Waals surface area contributed by atoms with E-state index in [-0.39, 0.29) is 0 Å². The van der Waals surface area contributed by atoms with E-state index in [2.05, 4.69) is 17.0 Å². The fourth-order valence-electron chi connectivity index (χ4n) is 5.38. The van der Waals surface area contributed by atoms with E-state index in [4.69, 9.17) is 14.2 Å². The molecule has 0 amide bonds. The Morgan fingerprint density at radius 1 is 1.11 bits per heavy atom. The van der Waals surface area contributed by atoms with Crippen molar-refractivity contribution >= 4 is 0 Å². The third kappa shape index (κ3) is 4.25. The molecule has 2 fully saturated rings. The Kier molecular flexibility index (Phi) is 5.90. The molecule has 3 aliphatic rings. The number of β-amino-alcohol motifs (C(OH)–C–C–N with tert-alkyl or cyclic N) is 1. The monoisotopic (exact) mass is 375 g/mol. The summed E-state index contributed by atoms with van der Waals surface area (Å²) in [5.41, 5.74) is 2.57. The Bertz CT molecular complexity index is 649. The van der Waals surface area contributed by atoms with Gasteiger partial charge in [-0.1, -0.05) is 6.42 Å². The van der Waals surface area contributed by atoms with Crippen LogP contribution in [0.4, 0.5) is 0 Å². The van der Waals surface area contributed by atoms with Crippen LogP contribution < -0.4 is 9.47 Å². The number of methoxy groups -OCH3 is 2. The molecule has 27 heavy (non-hydrogen) atoms. The predicted molar refractivity (Wildman–Crippen MR) is 104 cm³/mol. The molecule has 5 nitrogen and oxygen atoms in total. The summed E-state index contributed by atoms with van der Waals surface area (Å²) in [5.74, 6) is 4.14. The van der Waals surface area contributed by atoms with Crippen molar-refractivity contribution in [1.82, 2.24) is 4.90 Å². The standard InChI is InChI=1S/C22H33NO4/c1-25-21-9-17-5-6-23(11-18(17)10-22(21)26-2)12-20(24)14-27-13-19-8-15-3-4-16(19)7-15/h9-10,15-16,19-20,24H,3-8,11-14H2,1-2H3/t15-,16-,19-,20+/m0/s1. The third-order valence-electron chi connectivity index (χ3n) is 6.79. The van der Waals surface area contributed by atoms with Crippen LogP contribution in [0.1, 0.15) is 36.8 Å². The van der Waals surface area contributed by atoms with Crippen molar-refractivity contribution in [2.75, 3.05) is 40.5 Å². The molecule has 2 bridgehead atoms. The van der Waals surface area contributed by atoms with Crippen molar-refractivity contribution in [1.29, 1.82) is 0 Å². The van der Waals surface area contributed by atoms with Gasteiger partial charge in [0.15, 0.2) is 11.5 Å². The minimum Gasteiger partial charge on any atom is -0.493 e. The van der Waals surface area contributed by atoms with Gasteiger partial charge in [0.2, 0.25) is 0 Å². The molecule has 2 aliphatic carbocycles. The molecule has 1 aliphatic heterocycles. The van der Waals surface area contributed by atoms with Gasteiger partial charge in [0.25, 0.3) is 0 Å². The minimum atomic E-state index is -0.426. The highest BCUT2D eigenvalue weighted by Crippen LogP contribution is 2.48. The molecule has 150 valence electrons. The number of nitrogens with zero attached hydrogens (tertiary/aromatic N) is 1. The quantitative estimate of drug-likeness (QED) is 0.757. The molecule has 0 spiro atoms. The van der Waals surface area contributed by atoms with Gasteiger partial charge >= 0.3 is 0 Å². The van der Waals surface area contributed by atoms with E-state index in [1.165, 1.54) is 36.8 Å². The second kappa shape index (κ2) is 8.38. The number of hydrogen-bond acceptors (Lipinski definition) is 5. The van der Waals surface area contributed by atoms with Gasteiger partial charge < -0.3 is 19.3 Å². The van der Waals surface area contributed by atoms with Crippen LogP contribution in [0.5, 0.6) is 11.5 Å². The highest BCUT2D eigenvalue weighted by molar-refractivity contribution is 5.48. The van der Waals surface area contributed by atoms with Crippen molar-refractivity contribution in [3.63, 3.8) is 0 Å². The number of fused-ring (bicyclic) bond motifs is 3. The summed E-state index contributed by atoms with van der Waals surface area (Å²) in [6, 6.07) is 4.15. The fraction of sp³-hybridized carbons (Fsp3) is 0.727. The van der Waals surface area contributed by atoms with Gasteiger partial charge in [-0.15, -0.1) is 0 Å². The minimum absolute atomic E-state index is 0.426. The first-order valence-electron chi connectivity index (χ1n) is 10.4. The van der Waals surface area contributed by atoms with Crippen molar-refractivity contribution < 1.29 is 19.3 Å². The maximum Gasteiger partial charge on any atom is 0.161 e. The van der Waals surface area contributed by atoms with Gasteiger partial charge in [-0.05, 0) is 66.7 Å². The van der Waals surface area contributed by atoms with E-state index in [0.29, 0.717) is 13.2 Å². The summed E-state index contributed by atoms with van der Waals surface area (Å²) < 4.78 is 16.7. The van der Waals surface area contributed by atoms with Crippen molar-refractivity contribution in [3.05, 3.63) is 23.3 Å². The molecule has 1 N–H and O–H groups in total. The topological polar surface area (TPSA) is 51.2 Å². The van der Waals surface area contributed by atoms with Gasteiger partial charge in [-0.25, -0.2) is 0 Å². The second-order valence-corrected chi connectivity index (χ2v) is 8.59. The predicted octanol–water partition coefficient (Wildman–Crippen LogP) is 2.88. The molecule has 1 aromatic carbocycles. The molecule has 2 saturated carbocycles. The van der Waals surface area contributed by atoms with E-state index in [1.807, 2.05) is 0 Å². The zero-order valence-electron chi connectivity index (χ0n) is 16.7. The lowest BCUT2D eigenvalue weighted by Gasteiger charge is -2.31. The van der Waals surface area contributed by atoms with Crippen LogP contribution in [0.15, 0.2) is 12.1 Å². The van der Waals surface area contributed by atoms with E-state index in [0.717, 1.165) is 55.4 Å². The van der Waals surface area contributed by atoms with E-state index < -0.39 is 6.10 Å². The number of benzene rings is 1. The van der Waals surface area contributed by atoms with Crippen molar-refractivity contribution in [2.45, 2.75) is 44.8 Å². The van der Waals surface area contributed by atoms with Gasteiger partial charge in [0, 0.05) is 26.2 Å². The maximum absolute atomic E-state index is 10.4. The largest absolute Gasteiger partial charge is 0.493 e. The Balaban J connectivity index is 1.24. The summed E-state index contributed by atoms with van der Waals surface area (Å²) >= 11 is 0. The maximum atomic E-state index is 10.4. The van der Waals surface area contributed by atoms with Crippen LogP contribution in [0.2, 0.25) is 0 Å². The van der Waals surface area contributed by atoms with Gasteiger partial charge in [0.05, 0.1) is 26.9 Å². The summed E-state index contributed by atoms with van der Waals surface area (Å²) in [6.45, 7) is 3.72. The molecule has 0 aromatic heterocycles. The average Bonchev–Trinajstić information content (AvgIpc) is 3.30. The highest BCUT2D eigenvalue weighted by atomic mass is 16.5. The normalized spacial score (nSPS) is 28.2. The zero-order valence-corrected chi connectivity index (χ0v) is 16.7. The number of aliphatic hydroxyl groups is 1. The van der Waals surface area contributed by atoms with E-state index >= 15 is 0 Å². The molecular weight excluding hydrogens is 342 g/mol. The zero-order chi connectivity index (χ0) is 18.8. The first kappa shape index (κ1) is 19.0. The fourth-order valence-corrected chi connectivity index (χ4v) is 5.38. The SMILES string of the molecule is COc1cc2c(cc1OC)CN(C[C@@H](O)COC[C@@H]1C[C@H]3CC[C@H]1C3)CC2. The van der Waals surface area contributed by atoms with Gasteiger partial charge in [-0.2, -0.15) is 0 Å². The van der Waals surface area contributed by atoms with Crippen LogP contribution >= 0.6 is 0 Å². The molecule has 4 rings (SSSR count). The lowest BCUT2D eigenvalue weighted by molar-refractivity contribution is -0.00388. The summed E-state index contributed by atoms with van der Waals surface area (Å²) in [5, 5.41) is 10.4. The number of rotatable bonds is 8. The van der Waals surface area contributed by atoms with Gasteiger partial charge in [-0.3, -0.25) is 4.90 Å². The Labute approximate surface area is 162 Å². The molecule has 0 unspecified atom stereocenters. The van der Waals surface area contributed by atoms with Crippen LogP contribution in [0, 0.1) is 17.8 Å². The lowest BCUT2D eigenvalue weighted by atomic mass is 9.90. The van der Waals surface area contributed by atoms with Crippen LogP contribution in [0.25, 0.3) is 0 Å². The Hall–Kier alpha value is -1.30. The summed E-state index contributed by atoms with van der Waals surface area (Å²) in [7, 11) is 3.34. The van der Waals surface area contributed by atoms with Gasteiger partial charge in [0.1, 0.15) is 0 Å². The summed E-state index contributed by atoms with van der Waals surface area (Å²) in [4.78, 5) is 2.31. The van der Waals surface area contributed by atoms with Crippen LogP contribution in [-0.2, 0) is 17.7 Å². The Morgan fingerprint density at radius 3 is 2.56 bits per heavy atom. The molecule has 5 heteroatoms. The van der Waals surface area contributed by atoms with E-state index in [9.17, 15) is 5.11 Å². The lowest BCUT2D eigenvalue weighted by Crippen LogP contribution is -2.38. The number of hydrogen-bond donors (Lipinski definition) is 1. The average molecular weight is 376 g/mol.